The van der Waals surface area contributed by atoms with E-state index in [-0.39, 0.29) is 23.8 Å². The van der Waals surface area contributed by atoms with Gasteiger partial charge in [-0.05, 0) is 30.4 Å². The number of carbonyl (C=O) groups excluding carboxylic acids is 2. The Kier molecular flexibility index (Phi) is 5.51. The van der Waals surface area contributed by atoms with Gasteiger partial charge in [0, 0.05) is 12.8 Å². The second-order valence-electron chi connectivity index (χ2n) is 6.94. The third-order valence-corrected chi connectivity index (χ3v) is 5.34. The summed E-state index contributed by atoms with van der Waals surface area (Å²) in [6.07, 6.45) is 4.86. The summed E-state index contributed by atoms with van der Waals surface area (Å²) >= 11 is 0. The van der Waals surface area contributed by atoms with E-state index in [0.717, 1.165) is 45.2 Å². The van der Waals surface area contributed by atoms with E-state index >= 15 is 0 Å². The number of piperidine rings is 1. The Morgan fingerprint density at radius 2 is 1.96 bits per heavy atom. The number of rotatable bonds is 4. The molecule has 1 fully saturated rings. The molecule has 1 aliphatic heterocycles. The number of benzene rings is 1. The number of amides is 1. The predicted molar refractivity (Wildman–Crippen MR) is 90.6 cm³/mol. The van der Waals surface area contributed by atoms with E-state index in [2.05, 4.69) is 23.5 Å². The zero-order chi connectivity index (χ0) is 16.9. The molecule has 1 amide bonds. The van der Waals surface area contributed by atoms with Gasteiger partial charge in [-0.25, -0.2) is 0 Å². The van der Waals surface area contributed by atoms with Gasteiger partial charge in [0.1, 0.15) is 0 Å². The van der Waals surface area contributed by atoms with Crippen molar-refractivity contribution < 1.29 is 19.2 Å². The minimum atomic E-state index is -0.114. The number of fused-ring (bicyclic) bond motifs is 1. The lowest BCUT2D eigenvalue weighted by atomic mass is 9.88. The maximum Gasteiger partial charge on any atom is 0.309 e. The standard InChI is InChI=1S/C19H26N2O3/c1-24-19(23)15-9-11-21(12-10-15)13-18(22)20-17-8-4-6-14-5-2-3-7-16(14)17/h2-3,5,7,15,17H,4,6,8-13H2,1H3,(H,20,22)/p+1/t17-/m0/s1. The molecule has 0 saturated carbocycles. The van der Waals surface area contributed by atoms with Crippen molar-refractivity contribution in [3.8, 4) is 0 Å². The van der Waals surface area contributed by atoms with Crippen molar-refractivity contribution in [3.63, 3.8) is 0 Å². The number of likely N-dealkylation sites (tertiary alicyclic amines) is 1. The molecule has 130 valence electrons. The average Bonchev–Trinajstić information content (AvgIpc) is 2.62. The van der Waals surface area contributed by atoms with Crippen LogP contribution >= 0.6 is 0 Å². The fourth-order valence-corrected chi connectivity index (χ4v) is 3.98. The highest BCUT2D eigenvalue weighted by molar-refractivity contribution is 5.77. The Morgan fingerprint density at radius 1 is 1.21 bits per heavy atom. The van der Waals surface area contributed by atoms with Crippen molar-refractivity contribution in [2.75, 3.05) is 26.7 Å². The van der Waals surface area contributed by atoms with Crippen molar-refractivity contribution in [3.05, 3.63) is 35.4 Å². The monoisotopic (exact) mass is 331 g/mol. The predicted octanol–water partition coefficient (Wildman–Crippen LogP) is 0.648. The third kappa shape index (κ3) is 3.96. The molecule has 0 unspecified atom stereocenters. The summed E-state index contributed by atoms with van der Waals surface area (Å²) < 4.78 is 4.81. The van der Waals surface area contributed by atoms with Crippen molar-refractivity contribution in [2.24, 2.45) is 5.92 Å². The zero-order valence-corrected chi connectivity index (χ0v) is 14.3. The molecule has 0 aromatic heterocycles. The topological polar surface area (TPSA) is 59.8 Å². The number of aryl methyl sites for hydroxylation is 1. The van der Waals surface area contributed by atoms with Gasteiger partial charge in [0.2, 0.25) is 0 Å². The van der Waals surface area contributed by atoms with Crippen molar-refractivity contribution in [2.45, 2.75) is 38.1 Å². The van der Waals surface area contributed by atoms with Gasteiger partial charge in [-0.1, -0.05) is 24.3 Å². The Balaban J connectivity index is 1.50. The molecule has 0 radical (unpaired) electrons. The maximum absolute atomic E-state index is 12.4. The fourth-order valence-electron chi connectivity index (χ4n) is 3.98. The number of nitrogens with one attached hydrogen (secondary N) is 2. The number of quaternary nitrogens is 1. The van der Waals surface area contributed by atoms with E-state index in [0.29, 0.717) is 6.54 Å². The summed E-state index contributed by atoms with van der Waals surface area (Å²) in [5.74, 6) is 0.00701. The number of esters is 1. The normalized spacial score (nSPS) is 26.3. The zero-order valence-electron chi connectivity index (χ0n) is 14.3. The highest BCUT2D eigenvalue weighted by Gasteiger charge is 2.30. The highest BCUT2D eigenvalue weighted by atomic mass is 16.5. The van der Waals surface area contributed by atoms with Gasteiger partial charge in [-0.2, -0.15) is 0 Å². The summed E-state index contributed by atoms with van der Waals surface area (Å²) in [5, 5.41) is 3.22. The van der Waals surface area contributed by atoms with Crippen LogP contribution in [-0.2, 0) is 20.7 Å². The first kappa shape index (κ1) is 17.0. The Labute approximate surface area is 143 Å². The van der Waals surface area contributed by atoms with Crippen LogP contribution in [0.3, 0.4) is 0 Å². The lowest BCUT2D eigenvalue weighted by molar-refractivity contribution is -0.897. The number of hydrogen-bond donors (Lipinski definition) is 2. The highest BCUT2D eigenvalue weighted by Crippen LogP contribution is 2.29. The number of hydrogen-bond acceptors (Lipinski definition) is 3. The Bertz CT molecular complexity index is 594. The molecule has 1 saturated heterocycles. The van der Waals surface area contributed by atoms with Gasteiger partial charge in [0.25, 0.3) is 5.91 Å². The van der Waals surface area contributed by atoms with Crippen LogP contribution in [0.1, 0.15) is 42.9 Å². The smallest absolute Gasteiger partial charge is 0.309 e. The van der Waals surface area contributed by atoms with Crippen LogP contribution in [0.2, 0.25) is 0 Å². The van der Waals surface area contributed by atoms with Crippen molar-refractivity contribution in [1.29, 1.82) is 0 Å². The first-order valence-corrected chi connectivity index (χ1v) is 8.96. The van der Waals surface area contributed by atoms with Crippen LogP contribution < -0.4 is 10.2 Å². The van der Waals surface area contributed by atoms with Crippen LogP contribution in [0.5, 0.6) is 0 Å². The van der Waals surface area contributed by atoms with E-state index in [1.165, 1.54) is 23.1 Å². The van der Waals surface area contributed by atoms with Crippen LogP contribution in [0.15, 0.2) is 24.3 Å². The molecule has 0 bridgehead atoms. The lowest BCUT2D eigenvalue weighted by Crippen LogP contribution is -3.14. The second kappa shape index (κ2) is 7.79. The van der Waals surface area contributed by atoms with Crippen LogP contribution in [0.4, 0.5) is 0 Å². The average molecular weight is 331 g/mol. The molecule has 1 aromatic rings. The summed E-state index contributed by atoms with van der Waals surface area (Å²) in [5.41, 5.74) is 2.64. The molecule has 2 N–H and O–H groups in total. The molecule has 3 rings (SSSR count). The SMILES string of the molecule is COC(=O)C1CC[NH+](CC(=O)N[C@H]2CCCc3ccccc32)CC1. The minimum absolute atomic E-state index is 0.00651. The van der Waals surface area contributed by atoms with E-state index in [1.54, 1.807) is 0 Å². The summed E-state index contributed by atoms with van der Waals surface area (Å²) in [4.78, 5) is 25.3. The van der Waals surface area contributed by atoms with E-state index in [9.17, 15) is 9.59 Å². The van der Waals surface area contributed by atoms with Crippen molar-refractivity contribution in [1.82, 2.24) is 5.32 Å². The molecule has 5 heteroatoms. The van der Waals surface area contributed by atoms with Gasteiger partial charge in [0.15, 0.2) is 6.54 Å². The second-order valence-corrected chi connectivity index (χ2v) is 6.94. The molecule has 2 aliphatic rings. The van der Waals surface area contributed by atoms with Gasteiger partial charge in [0.05, 0.1) is 32.2 Å². The molecule has 1 heterocycles. The molecule has 1 atom stereocenters. The van der Waals surface area contributed by atoms with Gasteiger partial charge in [-0.3, -0.25) is 9.59 Å². The van der Waals surface area contributed by atoms with E-state index in [1.807, 2.05) is 6.07 Å². The van der Waals surface area contributed by atoms with Crippen molar-refractivity contribution >= 4 is 11.9 Å². The van der Waals surface area contributed by atoms with Crippen LogP contribution in [-0.4, -0.2) is 38.6 Å². The molecular formula is C19H27N2O3+. The van der Waals surface area contributed by atoms with E-state index < -0.39 is 0 Å². The Hall–Kier alpha value is -1.88. The first-order valence-electron chi connectivity index (χ1n) is 8.96. The molecule has 1 aliphatic carbocycles. The van der Waals surface area contributed by atoms with Gasteiger partial charge < -0.3 is 15.0 Å². The molecular weight excluding hydrogens is 304 g/mol. The first-order chi connectivity index (χ1) is 11.7. The minimum Gasteiger partial charge on any atom is -0.469 e. The van der Waals surface area contributed by atoms with Gasteiger partial charge in [-0.15, -0.1) is 0 Å². The molecule has 1 aromatic carbocycles. The van der Waals surface area contributed by atoms with Crippen LogP contribution in [0, 0.1) is 5.92 Å². The quantitative estimate of drug-likeness (QED) is 0.797. The largest absolute Gasteiger partial charge is 0.469 e. The number of carbonyl (C=O) groups is 2. The number of ether oxygens (including phenoxy) is 1. The third-order valence-electron chi connectivity index (χ3n) is 5.34. The van der Waals surface area contributed by atoms with Crippen LogP contribution in [0.25, 0.3) is 0 Å². The van der Waals surface area contributed by atoms with E-state index in [4.69, 9.17) is 4.74 Å². The molecule has 0 spiro atoms. The van der Waals surface area contributed by atoms with Gasteiger partial charge >= 0.3 is 5.97 Å². The fraction of sp³-hybridized carbons (Fsp3) is 0.579. The summed E-state index contributed by atoms with van der Waals surface area (Å²) in [7, 11) is 1.44. The molecule has 24 heavy (non-hydrogen) atoms. The number of methoxy groups -OCH3 is 1. The summed E-state index contributed by atoms with van der Waals surface area (Å²) in [6, 6.07) is 8.56. The Morgan fingerprint density at radius 3 is 2.71 bits per heavy atom. The maximum atomic E-state index is 12.4. The lowest BCUT2D eigenvalue weighted by Gasteiger charge is -2.29. The molecule has 5 nitrogen and oxygen atoms in total. The summed E-state index contributed by atoms with van der Waals surface area (Å²) in [6.45, 7) is 2.20.